The summed E-state index contributed by atoms with van der Waals surface area (Å²) < 4.78 is 14.5. The Morgan fingerprint density at radius 2 is 1.57 bits per heavy atom. The molecule has 3 aromatic carbocycles. The van der Waals surface area contributed by atoms with Crippen molar-refractivity contribution in [3.05, 3.63) is 101 Å². The molecule has 0 fully saturated rings. The fourth-order valence-corrected chi connectivity index (χ4v) is 6.55. The molecule has 0 radical (unpaired) electrons. The number of anilines is 2. The molecule has 154 valence electrons. The van der Waals surface area contributed by atoms with Gasteiger partial charge in [0.15, 0.2) is 0 Å². The van der Waals surface area contributed by atoms with Gasteiger partial charge in [-0.05, 0) is 60.9 Å². The number of nitrogens with one attached hydrogen (secondary N) is 1. The summed E-state index contributed by atoms with van der Waals surface area (Å²) >= 11 is 0. The van der Waals surface area contributed by atoms with E-state index in [1.807, 2.05) is 42.2 Å². The number of nitrogens with zero attached hydrogens (tertiary/aromatic N) is 1. The van der Waals surface area contributed by atoms with E-state index in [-0.39, 0.29) is 5.41 Å². The molecule has 0 aromatic heterocycles. The van der Waals surface area contributed by atoms with Crippen LogP contribution in [-0.2, 0) is 9.98 Å². The number of aryl methyl sites for hydroxylation is 2. The van der Waals surface area contributed by atoms with Gasteiger partial charge >= 0.3 is 0 Å². The second-order valence-electron chi connectivity index (χ2n) is 8.62. The zero-order valence-electron chi connectivity index (χ0n) is 18.3. The average molecular weight is 417 g/mol. The van der Waals surface area contributed by atoms with Crippen LogP contribution in [0.25, 0.3) is 0 Å². The quantitative estimate of drug-likeness (QED) is 0.487. The van der Waals surface area contributed by atoms with E-state index in [1.54, 1.807) is 0 Å². The molecule has 1 atom stereocenters. The van der Waals surface area contributed by atoms with Crippen LogP contribution in [0.1, 0.15) is 30.5 Å². The number of rotatable bonds is 4. The van der Waals surface area contributed by atoms with E-state index in [0.717, 1.165) is 16.7 Å². The molecule has 1 heterocycles. The van der Waals surface area contributed by atoms with Crippen molar-refractivity contribution >= 4 is 24.0 Å². The number of hydrogen-bond acceptors (Lipinski definition) is 2. The van der Waals surface area contributed by atoms with E-state index >= 15 is 0 Å². The van der Waals surface area contributed by atoms with Gasteiger partial charge in [0.05, 0.1) is 0 Å². The van der Waals surface area contributed by atoms with Gasteiger partial charge in [-0.25, -0.2) is 0 Å². The molecule has 4 heteroatoms. The van der Waals surface area contributed by atoms with E-state index in [4.69, 9.17) is 0 Å². The van der Waals surface area contributed by atoms with Gasteiger partial charge < -0.3 is 9.99 Å². The van der Waals surface area contributed by atoms with Crippen molar-refractivity contribution in [3.63, 3.8) is 0 Å². The van der Waals surface area contributed by atoms with Crippen LogP contribution in [0.15, 0.2) is 84.3 Å². The van der Waals surface area contributed by atoms with E-state index in [2.05, 4.69) is 81.1 Å². The van der Waals surface area contributed by atoms with E-state index in [9.17, 15) is 4.57 Å². The smallest absolute Gasteiger partial charge is 0.221 e. The Morgan fingerprint density at radius 1 is 0.900 bits per heavy atom. The van der Waals surface area contributed by atoms with Crippen LogP contribution in [0.4, 0.5) is 11.4 Å². The van der Waals surface area contributed by atoms with Gasteiger partial charge in [-0.15, -0.1) is 0 Å². The van der Waals surface area contributed by atoms with Crippen molar-refractivity contribution in [1.82, 2.24) is 0 Å². The molecular weight excluding hydrogens is 387 g/mol. The van der Waals surface area contributed by atoms with Gasteiger partial charge in [-0.3, -0.25) is 4.57 Å². The second kappa shape index (κ2) is 7.49. The van der Waals surface area contributed by atoms with Crippen LogP contribution >= 0.6 is 7.29 Å². The first kappa shape index (κ1) is 20.5. The van der Waals surface area contributed by atoms with E-state index < -0.39 is 7.29 Å². The van der Waals surface area contributed by atoms with Gasteiger partial charge in [-0.2, -0.15) is 0 Å². The Morgan fingerprint density at radius 3 is 2.23 bits per heavy atom. The van der Waals surface area contributed by atoms with Crippen molar-refractivity contribution in [2.45, 2.75) is 33.1 Å². The van der Waals surface area contributed by atoms with Gasteiger partial charge in [0.1, 0.15) is 0 Å². The lowest BCUT2D eigenvalue weighted by Gasteiger charge is -2.27. The molecule has 1 N–H and O–H groups in total. The number of para-hydroxylation sites is 1. The Hall–Kier alpha value is -2.77. The summed E-state index contributed by atoms with van der Waals surface area (Å²) in [5.41, 5.74) is 6.51. The van der Waals surface area contributed by atoms with E-state index in [0.29, 0.717) is 0 Å². The Kier molecular flexibility index (Phi) is 5.11. The van der Waals surface area contributed by atoms with Crippen molar-refractivity contribution in [3.8, 4) is 0 Å². The monoisotopic (exact) mass is 416 g/mol. The van der Waals surface area contributed by atoms with Crippen LogP contribution in [0.3, 0.4) is 0 Å². The Balaban J connectivity index is 1.85. The highest BCUT2D eigenvalue weighted by Gasteiger charge is 2.40. The average Bonchev–Trinajstić information content (AvgIpc) is 2.92. The minimum atomic E-state index is -3.08. The van der Waals surface area contributed by atoms with Gasteiger partial charge in [-0.1, -0.05) is 56.3 Å². The van der Waals surface area contributed by atoms with Crippen LogP contribution in [0, 0.1) is 13.8 Å². The lowest BCUT2D eigenvalue weighted by Crippen LogP contribution is -2.24. The SMILES string of the molecule is Cc1ccc(N[P@](=O)(/C=C2\N(C)c3ccccc3C2(C)C)c2ccccc2)cc1C. The van der Waals surface area contributed by atoms with Crippen LogP contribution in [-0.4, -0.2) is 7.05 Å². The van der Waals surface area contributed by atoms with Gasteiger partial charge in [0, 0.05) is 40.7 Å². The first-order valence-corrected chi connectivity index (χ1v) is 12.1. The highest BCUT2D eigenvalue weighted by Crippen LogP contribution is 2.54. The zero-order chi connectivity index (χ0) is 21.5. The van der Waals surface area contributed by atoms with Crippen molar-refractivity contribution in [1.29, 1.82) is 0 Å². The van der Waals surface area contributed by atoms with Crippen molar-refractivity contribution in [2.24, 2.45) is 0 Å². The molecule has 0 amide bonds. The molecule has 0 spiro atoms. The third-order valence-electron chi connectivity index (χ3n) is 6.19. The normalized spacial score (nSPS) is 18.2. The highest BCUT2D eigenvalue weighted by molar-refractivity contribution is 7.75. The molecule has 0 bridgehead atoms. The first-order valence-electron chi connectivity index (χ1n) is 10.3. The molecule has 0 saturated carbocycles. The van der Waals surface area contributed by atoms with Crippen molar-refractivity contribution in [2.75, 3.05) is 17.0 Å². The van der Waals surface area contributed by atoms with Crippen LogP contribution < -0.4 is 15.3 Å². The topological polar surface area (TPSA) is 32.3 Å². The lowest BCUT2D eigenvalue weighted by atomic mass is 9.84. The predicted molar refractivity (Wildman–Crippen MR) is 129 cm³/mol. The minimum absolute atomic E-state index is 0.235. The molecule has 30 heavy (non-hydrogen) atoms. The summed E-state index contributed by atoms with van der Waals surface area (Å²) in [6.07, 6.45) is 0. The summed E-state index contributed by atoms with van der Waals surface area (Å²) in [6.45, 7) is 8.57. The maximum absolute atomic E-state index is 14.5. The third kappa shape index (κ3) is 3.48. The number of likely N-dealkylation sites (N-methyl/N-ethyl adjacent to an activating group) is 1. The van der Waals surface area contributed by atoms with Gasteiger partial charge in [0.2, 0.25) is 7.29 Å². The fourth-order valence-electron chi connectivity index (χ4n) is 4.23. The molecule has 0 saturated heterocycles. The molecule has 0 aliphatic carbocycles. The molecule has 3 nitrogen and oxygen atoms in total. The molecule has 1 aliphatic rings. The fraction of sp³-hybridized carbons (Fsp3) is 0.231. The summed E-state index contributed by atoms with van der Waals surface area (Å²) in [4.78, 5) is 2.17. The first-order chi connectivity index (χ1) is 14.2. The molecule has 4 rings (SSSR count). The summed E-state index contributed by atoms with van der Waals surface area (Å²) in [7, 11) is -1.02. The molecule has 1 aliphatic heterocycles. The standard InChI is InChI=1S/C26H29N2OP/c1-19-15-16-21(17-20(19)2)27-30(29,22-11-7-6-8-12-22)18-25-26(3,4)23-13-9-10-14-24(23)28(25)5/h6-18H,1-5H3,(H,27,29)/b25-18-/t30-/m0/s1. The maximum Gasteiger partial charge on any atom is 0.221 e. The van der Waals surface area contributed by atoms with Crippen molar-refractivity contribution < 1.29 is 4.57 Å². The van der Waals surface area contributed by atoms with Crippen LogP contribution in [0.2, 0.25) is 0 Å². The number of hydrogen-bond donors (Lipinski definition) is 1. The van der Waals surface area contributed by atoms with E-state index in [1.165, 1.54) is 22.4 Å². The number of allylic oxidation sites excluding steroid dienone is 1. The highest BCUT2D eigenvalue weighted by atomic mass is 31.2. The predicted octanol–water partition coefficient (Wildman–Crippen LogP) is 6.59. The maximum atomic E-state index is 14.5. The second-order valence-corrected chi connectivity index (χ2v) is 10.9. The van der Waals surface area contributed by atoms with Gasteiger partial charge in [0.25, 0.3) is 0 Å². The largest absolute Gasteiger partial charge is 0.347 e. The molecule has 3 aromatic rings. The summed E-state index contributed by atoms with van der Waals surface area (Å²) in [5.74, 6) is 1.97. The Labute approximate surface area is 179 Å². The summed E-state index contributed by atoms with van der Waals surface area (Å²) in [6, 6.07) is 24.3. The molecular formula is C26H29N2OP. The molecule has 0 unspecified atom stereocenters. The number of fused-ring (bicyclic) bond motifs is 1. The third-order valence-corrected chi connectivity index (χ3v) is 8.45. The minimum Gasteiger partial charge on any atom is -0.347 e. The summed E-state index contributed by atoms with van der Waals surface area (Å²) in [5, 5.41) is 4.21. The Bertz CT molecular complexity index is 1160. The zero-order valence-corrected chi connectivity index (χ0v) is 19.2. The number of benzene rings is 3. The lowest BCUT2D eigenvalue weighted by molar-refractivity contribution is 0.587. The van der Waals surface area contributed by atoms with Crippen LogP contribution in [0.5, 0.6) is 0 Å².